The molecule has 0 aliphatic heterocycles. The van der Waals surface area contributed by atoms with Crippen molar-refractivity contribution >= 4 is 0 Å². The number of imidazole rings is 1. The summed E-state index contributed by atoms with van der Waals surface area (Å²) in [7, 11) is 1.94. The van der Waals surface area contributed by atoms with Crippen LogP contribution in [0, 0.1) is 0 Å². The number of hydrogen-bond acceptors (Lipinski definition) is 4. The van der Waals surface area contributed by atoms with Crippen molar-refractivity contribution in [2.45, 2.75) is 25.3 Å². The molecule has 88 valence electrons. The van der Waals surface area contributed by atoms with Gasteiger partial charge in [0.1, 0.15) is 0 Å². The average molecular weight is 229 g/mol. The van der Waals surface area contributed by atoms with E-state index < -0.39 is 0 Å². The Morgan fingerprint density at radius 2 is 2.29 bits per heavy atom. The van der Waals surface area contributed by atoms with E-state index in [0.717, 1.165) is 12.4 Å². The van der Waals surface area contributed by atoms with E-state index in [0.29, 0.717) is 11.7 Å². The van der Waals surface area contributed by atoms with Gasteiger partial charge in [-0.2, -0.15) is 0 Å². The quantitative estimate of drug-likeness (QED) is 0.833. The molecule has 2 aromatic heterocycles. The van der Waals surface area contributed by atoms with Crippen molar-refractivity contribution in [2.24, 2.45) is 0 Å². The summed E-state index contributed by atoms with van der Waals surface area (Å²) in [5.41, 5.74) is 2.38. The van der Waals surface area contributed by atoms with Crippen molar-refractivity contribution in [2.75, 3.05) is 7.05 Å². The van der Waals surface area contributed by atoms with Gasteiger partial charge in [-0.05, 0) is 19.9 Å². The van der Waals surface area contributed by atoms with E-state index in [1.807, 2.05) is 13.2 Å². The van der Waals surface area contributed by atoms with Crippen molar-refractivity contribution in [1.29, 1.82) is 0 Å². The predicted molar refractivity (Wildman–Crippen MR) is 64.4 cm³/mol. The molecule has 1 fully saturated rings. The highest BCUT2D eigenvalue weighted by molar-refractivity contribution is 5.44. The Hall–Kier alpha value is -1.75. The third-order valence-electron chi connectivity index (χ3n) is 2.94. The van der Waals surface area contributed by atoms with Gasteiger partial charge in [0.15, 0.2) is 11.6 Å². The molecule has 2 heterocycles. The Morgan fingerprint density at radius 1 is 1.41 bits per heavy atom. The molecule has 0 saturated heterocycles. The normalized spacial score (nSPS) is 15.1. The summed E-state index contributed by atoms with van der Waals surface area (Å²) in [6.45, 7) is 0.824. The van der Waals surface area contributed by atoms with Crippen molar-refractivity contribution in [3.63, 3.8) is 0 Å². The molecule has 3 rings (SSSR count). The lowest BCUT2D eigenvalue weighted by atomic mass is 10.1. The average Bonchev–Trinajstić information content (AvgIpc) is 3.05. The van der Waals surface area contributed by atoms with E-state index >= 15 is 0 Å². The Labute approximate surface area is 99.7 Å². The minimum atomic E-state index is 0.620. The van der Waals surface area contributed by atoms with Crippen LogP contribution in [-0.4, -0.2) is 27.0 Å². The number of rotatable bonds is 4. The first kappa shape index (κ1) is 10.4. The highest BCUT2D eigenvalue weighted by Crippen LogP contribution is 2.40. The summed E-state index contributed by atoms with van der Waals surface area (Å²) in [5, 5.41) is 3.16. The number of aromatic amines is 1. The molecule has 0 unspecified atom stereocenters. The standard InChI is InChI=1S/C12H15N5/c1-13-6-9-7-16-12(11-14-4-5-15-11)17-10(9)8-2-3-8/h4-5,7-8,13H,2-3,6H2,1H3,(H,14,15). The van der Waals surface area contributed by atoms with E-state index in [1.54, 1.807) is 12.4 Å². The van der Waals surface area contributed by atoms with Crippen molar-refractivity contribution in [1.82, 2.24) is 25.3 Å². The van der Waals surface area contributed by atoms with Crippen LogP contribution in [0.5, 0.6) is 0 Å². The number of aromatic nitrogens is 4. The van der Waals surface area contributed by atoms with Gasteiger partial charge in [0, 0.05) is 36.6 Å². The second kappa shape index (κ2) is 4.25. The predicted octanol–water partition coefficient (Wildman–Crippen LogP) is 1.46. The van der Waals surface area contributed by atoms with E-state index in [-0.39, 0.29) is 0 Å². The molecule has 0 aromatic carbocycles. The number of hydrogen-bond donors (Lipinski definition) is 2. The highest BCUT2D eigenvalue weighted by Gasteiger charge is 2.28. The fourth-order valence-corrected chi connectivity index (χ4v) is 1.96. The van der Waals surface area contributed by atoms with Gasteiger partial charge < -0.3 is 10.3 Å². The fourth-order valence-electron chi connectivity index (χ4n) is 1.96. The summed E-state index contributed by atoms with van der Waals surface area (Å²) in [5.74, 6) is 2.05. The highest BCUT2D eigenvalue weighted by atomic mass is 15.0. The molecule has 1 aliphatic carbocycles. The monoisotopic (exact) mass is 229 g/mol. The molecule has 2 aromatic rings. The Kier molecular flexibility index (Phi) is 2.60. The first-order valence-electron chi connectivity index (χ1n) is 5.88. The molecule has 5 nitrogen and oxygen atoms in total. The third-order valence-corrected chi connectivity index (χ3v) is 2.94. The Bertz CT molecular complexity index is 502. The molecule has 0 atom stereocenters. The molecule has 5 heteroatoms. The van der Waals surface area contributed by atoms with Crippen molar-refractivity contribution in [3.8, 4) is 11.6 Å². The van der Waals surface area contributed by atoms with Crippen LogP contribution in [0.1, 0.15) is 30.0 Å². The molecule has 0 bridgehead atoms. The molecular weight excluding hydrogens is 214 g/mol. The van der Waals surface area contributed by atoms with Crippen molar-refractivity contribution in [3.05, 3.63) is 29.8 Å². The number of H-pyrrole nitrogens is 1. The Balaban J connectivity index is 1.99. The van der Waals surface area contributed by atoms with Crippen LogP contribution in [0.4, 0.5) is 0 Å². The van der Waals surface area contributed by atoms with Gasteiger partial charge >= 0.3 is 0 Å². The van der Waals surface area contributed by atoms with Gasteiger partial charge in [0.05, 0.1) is 5.69 Å². The molecule has 0 radical (unpaired) electrons. The lowest BCUT2D eigenvalue weighted by Gasteiger charge is -2.07. The van der Waals surface area contributed by atoms with E-state index in [9.17, 15) is 0 Å². The van der Waals surface area contributed by atoms with Crippen LogP contribution in [-0.2, 0) is 6.54 Å². The smallest absolute Gasteiger partial charge is 0.195 e. The largest absolute Gasteiger partial charge is 0.342 e. The van der Waals surface area contributed by atoms with Gasteiger partial charge in [-0.15, -0.1) is 0 Å². The Morgan fingerprint density at radius 3 is 2.94 bits per heavy atom. The minimum absolute atomic E-state index is 0.620. The van der Waals surface area contributed by atoms with Crippen LogP contribution in [0.15, 0.2) is 18.6 Å². The molecule has 1 saturated carbocycles. The summed E-state index contributed by atoms with van der Waals surface area (Å²) >= 11 is 0. The van der Waals surface area contributed by atoms with Crippen LogP contribution in [0.2, 0.25) is 0 Å². The van der Waals surface area contributed by atoms with E-state index in [1.165, 1.54) is 24.1 Å². The molecular formula is C12H15N5. The molecule has 2 N–H and O–H groups in total. The first-order valence-corrected chi connectivity index (χ1v) is 5.88. The van der Waals surface area contributed by atoms with E-state index in [4.69, 9.17) is 0 Å². The summed E-state index contributed by atoms with van der Waals surface area (Å²) in [4.78, 5) is 16.2. The van der Waals surface area contributed by atoms with Crippen LogP contribution >= 0.6 is 0 Å². The van der Waals surface area contributed by atoms with Crippen LogP contribution < -0.4 is 5.32 Å². The number of nitrogens with zero attached hydrogens (tertiary/aromatic N) is 3. The third kappa shape index (κ3) is 2.06. The molecule has 1 aliphatic rings. The molecule has 0 amide bonds. The van der Waals surface area contributed by atoms with Gasteiger partial charge in [-0.25, -0.2) is 15.0 Å². The summed E-state index contributed by atoms with van der Waals surface area (Å²) < 4.78 is 0. The van der Waals surface area contributed by atoms with Gasteiger partial charge in [0.25, 0.3) is 0 Å². The molecule has 0 spiro atoms. The summed E-state index contributed by atoms with van der Waals surface area (Å²) in [6, 6.07) is 0. The minimum Gasteiger partial charge on any atom is -0.342 e. The van der Waals surface area contributed by atoms with Gasteiger partial charge in [-0.3, -0.25) is 0 Å². The maximum Gasteiger partial charge on any atom is 0.195 e. The van der Waals surface area contributed by atoms with Crippen LogP contribution in [0.25, 0.3) is 11.6 Å². The van der Waals surface area contributed by atoms with Gasteiger partial charge in [-0.1, -0.05) is 0 Å². The zero-order valence-electron chi connectivity index (χ0n) is 9.77. The van der Waals surface area contributed by atoms with Gasteiger partial charge in [0.2, 0.25) is 0 Å². The van der Waals surface area contributed by atoms with Crippen LogP contribution in [0.3, 0.4) is 0 Å². The van der Waals surface area contributed by atoms with E-state index in [2.05, 4.69) is 25.3 Å². The topological polar surface area (TPSA) is 66.5 Å². The second-order valence-electron chi connectivity index (χ2n) is 4.35. The maximum absolute atomic E-state index is 4.65. The second-order valence-corrected chi connectivity index (χ2v) is 4.35. The lowest BCUT2D eigenvalue weighted by molar-refractivity contribution is 0.783. The first-order chi connectivity index (χ1) is 8.38. The SMILES string of the molecule is CNCc1cnc(-c2ncc[nH]2)nc1C1CC1. The lowest BCUT2D eigenvalue weighted by Crippen LogP contribution is -2.10. The zero-order chi connectivity index (χ0) is 11.7. The summed E-state index contributed by atoms with van der Waals surface area (Å²) in [6.07, 6.45) is 7.90. The maximum atomic E-state index is 4.65. The zero-order valence-corrected chi connectivity index (χ0v) is 9.77. The fraction of sp³-hybridized carbons (Fsp3) is 0.417. The molecule has 17 heavy (non-hydrogen) atoms. The number of nitrogens with one attached hydrogen (secondary N) is 2. The van der Waals surface area contributed by atoms with Crippen molar-refractivity contribution < 1.29 is 0 Å².